The average Bonchev–Trinajstić information content (AvgIpc) is 2.80. The second-order valence-electron chi connectivity index (χ2n) is 4.99. The average molecular weight is 345 g/mol. The van der Waals surface area contributed by atoms with Crippen molar-refractivity contribution >= 4 is 11.2 Å². The Labute approximate surface area is 130 Å². The molecule has 0 bridgehead atoms. The predicted octanol–water partition coefficient (Wildman–Crippen LogP) is 0.531. The fraction of sp³-hybridized carbons (Fsp3) is 0.308. The molecule has 0 saturated heterocycles. The molecule has 4 N–H and O–H groups in total. The summed E-state index contributed by atoms with van der Waals surface area (Å²) in [6.45, 7) is -0.695. The van der Waals surface area contributed by atoms with E-state index in [1.807, 2.05) is 0 Å². The number of nitrogens with zero attached hydrogens (tertiary/aromatic N) is 2. The summed E-state index contributed by atoms with van der Waals surface area (Å²) in [4.78, 5) is 21.1. The standard InChI is InChI=1S/C13H10F3N3O5/c14-13(15,16)7-2-17-5-1-4(12(23)19-11(5)18-7)10-9(22)8(21)6(3-20)24-10/h1-2,9-10,20-22H,3H2,(H,18,19,23)/t9?,10-/m0/s1. The maximum atomic E-state index is 12.6. The Kier molecular flexibility index (Phi) is 3.68. The first kappa shape index (κ1) is 16.2. The summed E-state index contributed by atoms with van der Waals surface area (Å²) in [7, 11) is 0. The molecule has 128 valence electrons. The van der Waals surface area contributed by atoms with E-state index in [1.54, 1.807) is 0 Å². The lowest BCUT2D eigenvalue weighted by Crippen LogP contribution is -2.24. The summed E-state index contributed by atoms with van der Waals surface area (Å²) in [5, 5.41) is 28.5. The number of aliphatic hydroxyl groups excluding tert-OH is 3. The minimum atomic E-state index is -4.72. The number of H-pyrrole nitrogens is 1. The van der Waals surface area contributed by atoms with Gasteiger partial charge in [-0.1, -0.05) is 0 Å². The highest BCUT2D eigenvalue weighted by Gasteiger charge is 2.38. The van der Waals surface area contributed by atoms with Crippen molar-refractivity contribution in [1.82, 2.24) is 15.0 Å². The van der Waals surface area contributed by atoms with Gasteiger partial charge in [-0.25, -0.2) is 4.98 Å². The van der Waals surface area contributed by atoms with E-state index in [9.17, 15) is 28.2 Å². The van der Waals surface area contributed by atoms with Crippen molar-refractivity contribution in [3.63, 3.8) is 0 Å². The van der Waals surface area contributed by atoms with E-state index < -0.39 is 42.0 Å². The summed E-state index contributed by atoms with van der Waals surface area (Å²) < 4.78 is 42.9. The molecule has 0 aliphatic carbocycles. The van der Waals surface area contributed by atoms with Crippen LogP contribution in [0, 0.1) is 0 Å². The summed E-state index contributed by atoms with van der Waals surface area (Å²) in [6.07, 6.45) is -7.14. The fourth-order valence-electron chi connectivity index (χ4n) is 2.27. The van der Waals surface area contributed by atoms with Gasteiger partial charge in [0.15, 0.2) is 35.1 Å². The predicted molar refractivity (Wildman–Crippen MR) is 71.7 cm³/mol. The van der Waals surface area contributed by atoms with Crippen LogP contribution < -0.4 is 5.56 Å². The van der Waals surface area contributed by atoms with Crippen LogP contribution in [0.5, 0.6) is 0 Å². The van der Waals surface area contributed by atoms with Crippen molar-refractivity contribution in [2.75, 3.05) is 6.61 Å². The third-order valence-electron chi connectivity index (χ3n) is 3.45. The summed E-state index contributed by atoms with van der Waals surface area (Å²) in [5.74, 6) is -0.925. The first-order valence-electron chi connectivity index (χ1n) is 6.57. The third kappa shape index (κ3) is 2.57. The number of nitrogens with one attached hydrogen (secondary N) is 1. The van der Waals surface area contributed by atoms with Crippen molar-refractivity contribution in [3.05, 3.63) is 45.4 Å². The second-order valence-corrected chi connectivity index (χ2v) is 4.99. The molecule has 2 atom stereocenters. The van der Waals surface area contributed by atoms with Crippen LogP contribution in [0.3, 0.4) is 0 Å². The van der Waals surface area contributed by atoms with Gasteiger partial charge in [0.05, 0.1) is 11.8 Å². The number of aliphatic hydroxyl groups is 3. The molecule has 1 aliphatic rings. The SMILES string of the molecule is O=c1[nH]c2nc(C(F)(F)F)cnc2cc1[C@@H]1OC(CO)=C(O)C1O. The Morgan fingerprint density at radius 2 is 2.08 bits per heavy atom. The number of aromatic amines is 1. The molecule has 0 fully saturated rings. The number of alkyl halides is 3. The van der Waals surface area contributed by atoms with Gasteiger partial charge in [0.1, 0.15) is 12.1 Å². The molecular formula is C13H10F3N3O5. The van der Waals surface area contributed by atoms with Gasteiger partial charge in [-0.05, 0) is 6.07 Å². The van der Waals surface area contributed by atoms with Crippen LogP contribution >= 0.6 is 0 Å². The van der Waals surface area contributed by atoms with Gasteiger partial charge in [-0.15, -0.1) is 0 Å². The molecule has 1 unspecified atom stereocenters. The van der Waals surface area contributed by atoms with Crippen molar-refractivity contribution < 1.29 is 33.2 Å². The number of hydrogen-bond donors (Lipinski definition) is 4. The Morgan fingerprint density at radius 3 is 2.67 bits per heavy atom. The Morgan fingerprint density at radius 1 is 1.38 bits per heavy atom. The summed E-state index contributed by atoms with van der Waals surface area (Å²) >= 11 is 0. The minimum Gasteiger partial charge on any atom is -0.506 e. The molecule has 2 aromatic rings. The fourth-order valence-corrected chi connectivity index (χ4v) is 2.27. The molecule has 3 rings (SSSR count). The molecular weight excluding hydrogens is 335 g/mol. The minimum absolute atomic E-state index is 0.0645. The van der Waals surface area contributed by atoms with E-state index in [0.717, 1.165) is 6.07 Å². The molecule has 8 nitrogen and oxygen atoms in total. The zero-order valence-electron chi connectivity index (χ0n) is 11.7. The van der Waals surface area contributed by atoms with E-state index in [-0.39, 0.29) is 22.5 Å². The summed E-state index contributed by atoms with van der Waals surface area (Å²) in [5.41, 5.74) is -2.76. The molecule has 1 aliphatic heterocycles. The largest absolute Gasteiger partial charge is 0.506 e. The van der Waals surface area contributed by atoms with E-state index >= 15 is 0 Å². The highest BCUT2D eigenvalue weighted by atomic mass is 19.4. The monoisotopic (exact) mass is 345 g/mol. The van der Waals surface area contributed by atoms with Crippen LogP contribution in [-0.4, -0.2) is 43.0 Å². The smallest absolute Gasteiger partial charge is 0.434 e. The molecule has 2 aromatic heterocycles. The van der Waals surface area contributed by atoms with Crippen LogP contribution in [0.1, 0.15) is 17.4 Å². The molecule has 11 heteroatoms. The summed E-state index contributed by atoms with van der Waals surface area (Å²) in [6, 6.07) is 1.10. The van der Waals surface area contributed by atoms with Gasteiger partial charge in [0.25, 0.3) is 5.56 Å². The Bertz CT molecular complexity index is 893. The number of aromatic nitrogens is 3. The first-order chi connectivity index (χ1) is 11.2. The van der Waals surface area contributed by atoms with Gasteiger partial charge in [-0.3, -0.25) is 9.78 Å². The molecule has 0 amide bonds. The van der Waals surface area contributed by atoms with Crippen LogP contribution in [0.15, 0.2) is 28.6 Å². The van der Waals surface area contributed by atoms with Crippen LogP contribution in [0.25, 0.3) is 11.2 Å². The van der Waals surface area contributed by atoms with Gasteiger partial charge in [-0.2, -0.15) is 13.2 Å². The van der Waals surface area contributed by atoms with Crippen molar-refractivity contribution in [1.29, 1.82) is 0 Å². The van der Waals surface area contributed by atoms with Crippen molar-refractivity contribution in [2.45, 2.75) is 18.4 Å². The highest BCUT2D eigenvalue weighted by Crippen LogP contribution is 2.34. The lowest BCUT2D eigenvalue weighted by atomic mass is 10.1. The van der Waals surface area contributed by atoms with Gasteiger partial charge >= 0.3 is 6.18 Å². The van der Waals surface area contributed by atoms with Crippen LogP contribution in [-0.2, 0) is 10.9 Å². The van der Waals surface area contributed by atoms with Gasteiger partial charge in [0.2, 0.25) is 0 Å². The van der Waals surface area contributed by atoms with Gasteiger partial charge < -0.3 is 25.0 Å². The number of rotatable bonds is 2. The van der Waals surface area contributed by atoms with E-state index in [2.05, 4.69) is 15.0 Å². The highest BCUT2D eigenvalue weighted by molar-refractivity contribution is 5.70. The quantitative estimate of drug-likeness (QED) is 0.625. The Hall–Kier alpha value is -2.66. The molecule has 0 spiro atoms. The lowest BCUT2D eigenvalue weighted by Gasteiger charge is -2.15. The molecule has 0 saturated carbocycles. The van der Waals surface area contributed by atoms with Crippen LogP contribution in [0.2, 0.25) is 0 Å². The normalized spacial score (nSPS) is 21.4. The number of pyridine rings is 1. The third-order valence-corrected chi connectivity index (χ3v) is 3.45. The molecule has 3 heterocycles. The van der Waals surface area contributed by atoms with E-state index in [4.69, 9.17) is 9.84 Å². The lowest BCUT2D eigenvalue weighted by molar-refractivity contribution is -0.141. The molecule has 24 heavy (non-hydrogen) atoms. The Balaban J connectivity index is 2.06. The maximum Gasteiger partial charge on any atom is 0.434 e. The molecule has 0 radical (unpaired) electrons. The van der Waals surface area contributed by atoms with Crippen molar-refractivity contribution in [2.24, 2.45) is 0 Å². The van der Waals surface area contributed by atoms with Crippen molar-refractivity contribution in [3.8, 4) is 0 Å². The van der Waals surface area contributed by atoms with E-state index in [1.165, 1.54) is 0 Å². The first-order valence-corrected chi connectivity index (χ1v) is 6.57. The number of hydrogen-bond acceptors (Lipinski definition) is 7. The number of ether oxygens (including phenoxy) is 1. The molecule has 0 aromatic carbocycles. The topological polar surface area (TPSA) is 129 Å². The zero-order valence-corrected chi connectivity index (χ0v) is 11.7. The zero-order chi connectivity index (χ0) is 17.6. The van der Waals surface area contributed by atoms with Crippen LogP contribution in [0.4, 0.5) is 13.2 Å². The number of halogens is 3. The number of fused-ring (bicyclic) bond motifs is 1. The van der Waals surface area contributed by atoms with Gasteiger partial charge in [0, 0.05) is 0 Å². The second kappa shape index (κ2) is 5.46. The maximum absolute atomic E-state index is 12.6. The van der Waals surface area contributed by atoms with E-state index in [0.29, 0.717) is 6.20 Å².